The highest BCUT2D eigenvalue weighted by atomic mass is 35.5. The maximum Gasteiger partial charge on any atom is 0.0702 e. The average Bonchev–Trinajstić information content (AvgIpc) is 2.52. The van der Waals surface area contributed by atoms with E-state index >= 15 is 0 Å². The zero-order valence-corrected chi connectivity index (χ0v) is 12.6. The second kappa shape index (κ2) is 6.25. The van der Waals surface area contributed by atoms with Crippen molar-refractivity contribution in [3.05, 3.63) is 76.9 Å². The number of hydrogen-bond acceptors (Lipinski definition) is 2. The number of aromatic nitrogens is 1. The van der Waals surface area contributed by atoms with Crippen molar-refractivity contribution in [3.63, 3.8) is 0 Å². The molecule has 3 rings (SSSR count). The summed E-state index contributed by atoms with van der Waals surface area (Å²) in [5.41, 5.74) is 3.52. The minimum absolute atomic E-state index is 0.257. The molecule has 0 spiro atoms. The first-order valence-corrected chi connectivity index (χ1v) is 7.40. The van der Waals surface area contributed by atoms with Crippen molar-refractivity contribution in [1.82, 2.24) is 10.3 Å². The molecule has 0 aliphatic heterocycles. The minimum Gasteiger partial charge on any atom is -0.313 e. The van der Waals surface area contributed by atoms with E-state index in [0.29, 0.717) is 0 Å². The van der Waals surface area contributed by atoms with Crippen LogP contribution in [-0.2, 0) is 6.42 Å². The number of fused-ring (bicyclic) bond motifs is 1. The second-order valence-corrected chi connectivity index (χ2v) is 5.57. The number of nitrogens with one attached hydrogen (secondary N) is 1. The van der Waals surface area contributed by atoms with Gasteiger partial charge in [-0.3, -0.25) is 4.98 Å². The van der Waals surface area contributed by atoms with Gasteiger partial charge in [0.05, 0.1) is 5.52 Å². The summed E-state index contributed by atoms with van der Waals surface area (Å²) in [6.45, 7) is 0. The number of hydrogen-bond donors (Lipinski definition) is 1. The fraction of sp³-hybridized carbons (Fsp3) is 0.167. The second-order valence-electron chi connectivity index (χ2n) is 5.13. The number of pyridine rings is 1. The molecule has 1 aromatic heterocycles. The van der Waals surface area contributed by atoms with E-state index in [9.17, 15) is 0 Å². The predicted octanol–water partition coefficient (Wildman–Crippen LogP) is 4.39. The first-order chi connectivity index (χ1) is 10.3. The summed E-state index contributed by atoms with van der Waals surface area (Å²) in [4.78, 5) is 4.37. The summed E-state index contributed by atoms with van der Waals surface area (Å²) in [5, 5.41) is 5.34. The van der Waals surface area contributed by atoms with Crippen molar-refractivity contribution >= 4 is 22.5 Å². The van der Waals surface area contributed by atoms with E-state index in [4.69, 9.17) is 11.6 Å². The van der Waals surface area contributed by atoms with Gasteiger partial charge >= 0.3 is 0 Å². The van der Waals surface area contributed by atoms with Crippen molar-refractivity contribution < 1.29 is 0 Å². The fourth-order valence-corrected chi connectivity index (χ4v) is 2.81. The Labute approximate surface area is 129 Å². The Kier molecular flexibility index (Phi) is 4.18. The molecule has 1 atom stereocenters. The van der Waals surface area contributed by atoms with Crippen LogP contribution in [0.4, 0.5) is 0 Å². The van der Waals surface area contributed by atoms with Crippen molar-refractivity contribution in [1.29, 1.82) is 0 Å². The number of nitrogens with zero attached hydrogens (tertiary/aromatic N) is 1. The Hall–Kier alpha value is -1.90. The third kappa shape index (κ3) is 3.23. The molecular formula is C18H17ClN2. The molecule has 106 valence electrons. The summed E-state index contributed by atoms with van der Waals surface area (Å²) in [7, 11) is 1.99. The molecule has 0 saturated carbocycles. The standard InChI is InChI=1S/C18H17ClN2/c1-20-18(11-13-4-2-6-16(19)10-13)15-7-8-17-14(12-15)5-3-9-21-17/h2-10,12,18,20H,11H2,1H3. The van der Waals surface area contributed by atoms with E-state index in [1.54, 1.807) is 0 Å². The van der Waals surface area contributed by atoms with E-state index in [-0.39, 0.29) is 6.04 Å². The summed E-state index contributed by atoms with van der Waals surface area (Å²) in [6, 6.07) is 18.8. The molecule has 21 heavy (non-hydrogen) atoms. The summed E-state index contributed by atoms with van der Waals surface area (Å²) >= 11 is 6.07. The first-order valence-electron chi connectivity index (χ1n) is 7.02. The normalized spacial score (nSPS) is 12.5. The Balaban J connectivity index is 1.90. The van der Waals surface area contributed by atoms with Crippen molar-refractivity contribution in [2.45, 2.75) is 12.5 Å². The van der Waals surface area contributed by atoms with Crippen LogP contribution in [0, 0.1) is 0 Å². The highest BCUT2D eigenvalue weighted by Gasteiger charge is 2.11. The van der Waals surface area contributed by atoms with Crippen LogP contribution in [0.2, 0.25) is 5.02 Å². The van der Waals surface area contributed by atoms with Crippen LogP contribution in [0.1, 0.15) is 17.2 Å². The highest BCUT2D eigenvalue weighted by molar-refractivity contribution is 6.30. The molecule has 2 aromatic carbocycles. The third-order valence-corrected chi connectivity index (χ3v) is 3.94. The van der Waals surface area contributed by atoms with E-state index in [1.807, 2.05) is 37.5 Å². The number of benzene rings is 2. The maximum absolute atomic E-state index is 6.07. The monoisotopic (exact) mass is 296 g/mol. The predicted molar refractivity (Wildman–Crippen MR) is 88.7 cm³/mol. The van der Waals surface area contributed by atoms with Gasteiger partial charge < -0.3 is 5.32 Å². The lowest BCUT2D eigenvalue weighted by Crippen LogP contribution is -2.18. The Morgan fingerprint density at radius 2 is 2.00 bits per heavy atom. The van der Waals surface area contributed by atoms with Gasteiger partial charge in [-0.15, -0.1) is 0 Å². The van der Waals surface area contributed by atoms with E-state index in [1.165, 1.54) is 16.5 Å². The Morgan fingerprint density at radius 1 is 1.10 bits per heavy atom. The van der Waals surface area contributed by atoms with Crippen LogP contribution >= 0.6 is 11.6 Å². The molecule has 0 bridgehead atoms. The van der Waals surface area contributed by atoms with Crippen LogP contribution in [0.5, 0.6) is 0 Å². The van der Waals surface area contributed by atoms with Gasteiger partial charge in [0.2, 0.25) is 0 Å². The smallest absolute Gasteiger partial charge is 0.0702 e. The molecule has 1 N–H and O–H groups in total. The van der Waals surface area contributed by atoms with Crippen LogP contribution in [0.15, 0.2) is 60.8 Å². The van der Waals surface area contributed by atoms with Crippen LogP contribution in [0.3, 0.4) is 0 Å². The molecule has 0 saturated heterocycles. The molecule has 0 fully saturated rings. The summed E-state index contributed by atoms with van der Waals surface area (Å²) < 4.78 is 0. The average molecular weight is 297 g/mol. The third-order valence-electron chi connectivity index (χ3n) is 3.71. The molecule has 0 aliphatic carbocycles. The van der Waals surface area contributed by atoms with Crippen molar-refractivity contribution in [3.8, 4) is 0 Å². The fourth-order valence-electron chi connectivity index (χ4n) is 2.60. The molecule has 0 radical (unpaired) electrons. The van der Waals surface area contributed by atoms with E-state index < -0.39 is 0 Å². The van der Waals surface area contributed by atoms with Gasteiger partial charge in [0, 0.05) is 22.6 Å². The molecule has 0 amide bonds. The number of likely N-dealkylation sites (N-methyl/N-ethyl adjacent to an activating group) is 1. The van der Waals surface area contributed by atoms with Gasteiger partial charge in [-0.05, 0) is 54.9 Å². The van der Waals surface area contributed by atoms with Crippen LogP contribution < -0.4 is 5.32 Å². The summed E-state index contributed by atoms with van der Waals surface area (Å²) in [6.07, 6.45) is 2.73. The Bertz CT molecular complexity index is 755. The summed E-state index contributed by atoms with van der Waals surface area (Å²) in [5.74, 6) is 0. The van der Waals surface area contributed by atoms with Gasteiger partial charge in [-0.25, -0.2) is 0 Å². The van der Waals surface area contributed by atoms with Gasteiger partial charge in [0.1, 0.15) is 0 Å². The van der Waals surface area contributed by atoms with Crippen LogP contribution in [-0.4, -0.2) is 12.0 Å². The number of rotatable bonds is 4. The van der Waals surface area contributed by atoms with Gasteiger partial charge in [-0.2, -0.15) is 0 Å². The highest BCUT2D eigenvalue weighted by Crippen LogP contribution is 2.23. The number of halogens is 1. The SMILES string of the molecule is CNC(Cc1cccc(Cl)c1)c1ccc2ncccc2c1. The molecule has 1 heterocycles. The molecule has 0 aliphatic rings. The quantitative estimate of drug-likeness (QED) is 0.772. The van der Waals surface area contributed by atoms with Gasteiger partial charge in [-0.1, -0.05) is 35.9 Å². The topological polar surface area (TPSA) is 24.9 Å². The van der Waals surface area contributed by atoms with E-state index in [2.05, 4.69) is 40.6 Å². The van der Waals surface area contributed by atoms with E-state index in [0.717, 1.165) is 17.0 Å². The lowest BCUT2D eigenvalue weighted by Gasteiger charge is -2.17. The minimum atomic E-state index is 0.257. The van der Waals surface area contributed by atoms with Gasteiger partial charge in [0.25, 0.3) is 0 Å². The molecule has 1 unspecified atom stereocenters. The van der Waals surface area contributed by atoms with Crippen molar-refractivity contribution in [2.24, 2.45) is 0 Å². The molecule has 3 heteroatoms. The zero-order valence-electron chi connectivity index (χ0n) is 11.9. The lowest BCUT2D eigenvalue weighted by molar-refractivity contribution is 0.593. The molecule has 3 aromatic rings. The zero-order chi connectivity index (χ0) is 14.7. The molecular weight excluding hydrogens is 280 g/mol. The first kappa shape index (κ1) is 14.1. The molecule has 2 nitrogen and oxygen atoms in total. The largest absolute Gasteiger partial charge is 0.313 e. The van der Waals surface area contributed by atoms with Crippen molar-refractivity contribution in [2.75, 3.05) is 7.05 Å². The Morgan fingerprint density at radius 3 is 2.81 bits per heavy atom. The lowest BCUT2D eigenvalue weighted by atomic mass is 9.97. The van der Waals surface area contributed by atoms with Gasteiger partial charge in [0.15, 0.2) is 0 Å². The maximum atomic E-state index is 6.07. The van der Waals surface area contributed by atoms with Crippen LogP contribution in [0.25, 0.3) is 10.9 Å².